The van der Waals surface area contributed by atoms with Gasteiger partial charge in [0.05, 0.1) is 13.2 Å². The third kappa shape index (κ3) is 5.10. The summed E-state index contributed by atoms with van der Waals surface area (Å²) in [5.41, 5.74) is 0.691. The van der Waals surface area contributed by atoms with E-state index in [0.717, 1.165) is 25.1 Å². The Morgan fingerprint density at radius 2 is 2.09 bits per heavy atom. The molecule has 6 heteroatoms. The van der Waals surface area contributed by atoms with E-state index in [1.165, 1.54) is 6.08 Å². The van der Waals surface area contributed by atoms with Gasteiger partial charge in [0.25, 0.3) is 0 Å². The monoisotopic (exact) mass is 317 g/mol. The highest BCUT2D eigenvalue weighted by molar-refractivity contribution is 5.99. The predicted molar refractivity (Wildman–Crippen MR) is 89.4 cm³/mol. The second kappa shape index (κ2) is 8.33. The van der Waals surface area contributed by atoms with Crippen LogP contribution in [0.15, 0.2) is 36.4 Å². The van der Waals surface area contributed by atoms with E-state index in [1.54, 1.807) is 37.5 Å². The van der Waals surface area contributed by atoms with Crippen LogP contribution in [0.5, 0.6) is 5.75 Å². The Balaban J connectivity index is 1.83. The minimum Gasteiger partial charge on any atom is -0.497 e. The van der Waals surface area contributed by atoms with E-state index in [9.17, 15) is 9.59 Å². The average molecular weight is 317 g/mol. The van der Waals surface area contributed by atoms with Crippen LogP contribution in [0.25, 0.3) is 0 Å². The first-order valence-corrected chi connectivity index (χ1v) is 7.79. The molecule has 6 nitrogen and oxygen atoms in total. The van der Waals surface area contributed by atoms with Gasteiger partial charge in [-0.2, -0.15) is 0 Å². The van der Waals surface area contributed by atoms with Crippen molar-refractivity contribution in [2.45, 2.75) is 31.8 Å². The first-order chi connectivity index (χ1) is 11.1. The Kier molecular flexibility index (Phi) is 6.17. The summed E-state index contributed by atoms with van der Waals surface area (Å²) in [5, 5.41) is 8.74. The molecular formula is C17H23N3O3. The van der Waals surface area contributed by atoms with E-state index in [-0.39, 0.29) is 23.9 Å². The maximum atomic E-state index is 11.9. The maximum absolute atomic E-state index is 11.9. The Labute approximate surface area is 136 Å². The van der Waals surface area contributed by atoms with Crippen LogP contribution >= 0.6 is 0 Å². The van der Waals surface area contributed by atoms with Gasteiger partial charge in [0.1, 0.15) is 5.75 Å². The number of carbonyl (C=O) groups is 2. The first kappa shape index (κ1) is 17.0. The number of benzene rings is 1. The van der Waals surface area contributed by atoms with Crippen LogP contribution in [0.4, 0.5) is 5.69 Å². The van der Waals surface area contributed by atoms with Gasteiger partial charge in [-0.25, -0.2) is 0 Å². The summed E-state index contributed by atoms with van der Waals surface area (Å²) < 4.78 is 5.07. The second-order valence-corrected chi connectivity index (χ2v) is 5.40. The summed E-state index contributed by atoms with van der Waals surface area (Å²) in [4.78, 5) is 23.8. The summed E-state index contributed by atoms with van der Waals surface area (Å²) in [6, 6.07) is 6.86. The lowest BCUT2D eigenvalue weighted by Crippen LogP contribution is -2.54. The molecule has 23 heavy (non-hydrogen) atoms. The van der Waals surface area contributed by atoms with E-state index >= 15 is 0 Å². The van der Waals surface area contributed by atoms with Crippen molar-refractivity contribution in [3.63, 3.8) is 0 Å². The van der Waals surface area contributed by atoms with Gasteiger partial charge in [-0.05, 0) is 43.7 Å². The predicted octanol–water partition coefficient (Wildman–Crippen LogP) is 1.45. The van der Waals surface area contributed by atoms with Crippen molar-refractivity contribution in [3.05, 3.63) is 36.4 Å². The van der Waals surface area contributed by atoms with Gasteiger partial charge >= 0.3 is 0 Å². The van der Waals surface area contributed by atoms with Crippen LogP contribution in [-0.2, 0) is 9.59 Å². The van der Waals surface area contributed by atoms with Crippen LogP contribution in [0.1, 0.15) is 19.8 Å². The number of hydrogen-bond acceptors (Lipinski definition) is 4. The molecule has 2 amide bonds. The molecule has 1 fully saturated rings. The van der Waals surface area contributed by atoms with Crippen LogP contribution in [0.3, 0.4) is 0 Å². The average Bonchev–Trinajstić information content (AvgIpc) is 2.50. The molecule has 0 spiro atoms. The number of methoxy groups -OCH3 is 1. The number of rotatable bonds is 7. The quantitative estimate of drug-likeness (QED) is 0.665. The fraction of sp³-hybridized carbons (Fsp3) is 0.412. The fourth-order valence-electron chi connectivity index (χ4n) is 2.14. The molecule has 1 saturated heterocycles. The van der Waals surface area contributed by atoms with Gasteiger partial charge in [0, 0.05) is 17.8 Å². The number of ether oxygens (including phenoxy) is 1. The number of anilines is 1. The Bertz CT molecular complexity index is 565. The highest BCUT2D eigenvalue weighted by Crippen LogP contribution is 2.14. The van der Waals surface area contributed by atoms with Crippen LogP contribution < -0.4 is 20.7 Å². The lowest BCUT2D eigenvalue weighted by Gasteiger charge is -2.27. The Hall–Kier alpha value is -2.34. The number of carbonyl (C=O) groups excluding carboxylic acids is 2. The standard InChI is InChI=1S/C17H23N3O3/c1-3-12(20-17(22)15-10-11-18-15)6-9-16(21)19-13-4-7-14(23-2)8-5-13/h4-9,12,15,18H,3,10-11H2,1-2H3,(H,19,21)(H,20,22)/b9-6+/t12-,15-/m0/s1. The van der Waals surface area contributed by atoms with Crippen LogP contribution in [0, 0.1) is 0 Å². The molecule has 0 aliphatic carbocycles. The lowest BCUT2D eigenvalue weighted by atomic mass is 10.1. The number of amides is 2. The number of nitrogens with one attached hydrogen (secondary N) is 3. The van der Waals surface area contributed by atoms with E-state index < -0.39 is 0 Å². The molecule has 1 aliphatic rings. The molecular weight excluding hydrogens is 294 g/mol. The second-order valence-electron chi connectivity index (χ2n) is 5.40. The van der Waals surface area contributed by atoms with Gasteiger partial charge in [-0.3, -0.25) is 9.59 Å². The molecule has 1 aromatic carbocycles. The van der Waals surface area contributed by atoms with E-state index in [4.69, 9.17) is 4.74 Å². The normalized spacial score (nSPS) is 18.1. The largest absolute Gasteiger partial charge is 0.497 e. The van der Waals surface area contributed by atoms with Crippen molar-refractivity contribution in [1.29, 1.82) is 0 Å². The third-order valence-corrected chi connectivity index (χ3v) is 3.75. The van der Waals surface area contributed by atoms with Gasteiger partial charge in [0.15, 0.2) is 0 Å². The fourth-order valence-corrected chi connectivity index (χ4v) is 2.14. The molecule has 124 valence electrons. The SMILES string of the molecule is CC[C@@H](/C=C/C(=O)Nc1ccc(OC)cc1)NC(=O)[C@@H]1CCN1. The van der Waals surface area contributed by atoms with Crippen molar-refractivity contribution < 1.29 is 14.3 Å². The highest BCUT2D eigenvalue weighted by Gasteiger charge is 2.25. The molecule has 1 aliphatic heterocycles. The highest BCUT2D eigenvalue weighted by atomic mass is 16.5. The summed E-state index contributed by atoms with van der Waals surface area (Å²) in [7, 11) is 1.59. The molecule has 0 aromatic heterocycles. The summed E-state index contributed by atoms with van der Waals surface area (Å²) >= 11 is 0. The minimum atomic E-state index is -0.232. The van der Waals surface area contributed by atoms with Crippen molar-refractivity contribution in [2.24, 2.45) is 0 Å². The number of hydrogen-bond donors (Lipinski definition) is 3. The van der Waals surface area contributed by atoms with Gasteiger partial charge in [0.2, 0.25) is 11.8 Å². The summed E-state index contributed by atoms with van der Waals surface area (Å²) in [6.45, 7) is 2.85. The molecule has 0 bridgehead atoms. The van der Waals surface area contributed by atoms with E-state index in [2.05, 4.69) is 16.0 Å². The molecule has 0 radical (unpaired) electrons. The lowest BCUT2D eigenvalue weighted by molar-refractivity contribution is -0.125. The van der Waals surface area contributed by atoms with Crippen molar-refractivity contribution in [1.82, 2.24) is 10.6 Å². The molecule has 3 N–H and O–H groups in total. The van der Waals surface area contributed by atoms with Crippen molar-refractivity contribution in [3.8, 4) is 5.75 Å². The summed E-state index contributed by atoms with van der Waals surface area (Å²) in [6.07, 6.45) is 4.76. The smallest absolute Gasteiger partial charge is 0.248 e. The third-order valence-electron chi connectivity index (χ3n) is 3.75. The van der Waals surface area contributed by atoms with E-state index in [1.807, 2.05) is 6.92 Å². The zero-order chi connectivity index (χ0) is 16.7. The molecule has 0 unspecified atom stereocenters. The molecule has 2 rings (SSSR count). The topological polar surface area (TPSA) is 79.5 Å². The molecule has 1 aromatic rings. The van der Waals surface area contributed by atoms with E-state index in [0.29, 0.717) is 5.69 Å². The Morgan fingerprint density at radius 1 is 1.39 bits per heavy atom. The molecule has 1 heterocycles. The zero-order valence-corrected chi connectivity index (χ0v) is 13.5. The molecule has 2 atom stereocenters. The summed E-state index contributed by atoms with van der Waals surface area (Å²) in [5.74, 6) is 0.491. The Morgan fingerprint density at radius 3 is 2.61 bits per heavy atom. The molecule has 0 saturated carbocycles. The van der Waals surface area contributed by atoms with Gasteiger partial charge in [-0.1, -0.05) is 13.0 Å². The zero-order valence-electron chi connectivity index (χ0n) is 13.5. The first-order valence-electron chi connectivity index (χ1n) is 7.79. The minimum absolute atomic E-state index is 0.0108. The van der Waals surface area contributed by atoms with Crippen molar-refractivity contribution in [2.75, 3.05) is 19.0 Å². The van der Waals surface area contributed by atoms with Gasteiger partial charge < -0.3 is 20.7 Å². The van der Waals surface area contributed by atoms with Crippen LogP contribution in [-0.4, -0.2) is 37.6 Å². The van der Waals surface area contributed by atoms with Gasteiger partial charge in [-0.15, -0.1) is 0 Å². The van der Waals surface area contributed by atoms with Crippen molar-refractivity contribution >= 4 is 17.5 Å². The maximum Gasteiger partial charge on any atom is 0.248 e. The van der Waals surface area contributed by atoms with Crippen LogP contribution in [0.2, 0.25) is 0 Å².